The van der Waals surface area contributed by atoms with Crippen molar-refractivity contribution in [2.45, 2.75) is 17.9 Å². The number of anilines is 1. The maximum atomic E-state index is 13.0. The number of hydrogen-bond donors (Lipinski definition) is 1. The molecule has 0 aliphatic rings. The van der Waals surface area contributed by atoms with Gasteiger partial charge in [-0.05, 0) is 36.7 Å². The monoisotopic (exact) mass is 445 g/mol. The van der Waals surface area contributed by atoms with Crippen LogP contribution >= 0.6 is 11.8 Å². The number of halogens is 3. The van der Waals surface area contributed by atoms with Crippen LogP contribution in [-0.2, 0) is 22.3 Å². The molecule has 2 aromatic rings. The fraction of sp³-hybridized carbons (Fsp3) is 0.471. The number of aromatic nitrogens is 4. The number of likely N-dealkylation sites (N-methyl/N-ethyl adjacent to an activating group) is 2. The third kappa shape index (κ3) is 6.99. The lowest BCUT2D eigenvalue weighted by Crippen LogP contribution is -2.36. The summed E-state index contributed by atoms with van der Waals surface area (Å²) < 4.78 is 40.6. The van der Waals surface area contributed by atoms with Crippen molar-refractivity contribution >= 4 is 29.3 Å². The summed E-state index contributed by atoms with van der Waals surface area (Å²) in [5.74, 6) is -1.14. The van der Waals surface area contributed by atoms with Crippen LogP contribution in [0.3, 0.4) is 0 Å². The Kier molecular flexibility index (Phi) is 8.17. The van der Waals surface area contributed by atoms with Crippen molar-refractivity contribution in [2.24, 2.45) is 0 Å². The van der Waals surface area contributed by atoms with Gasteiger partial charge in [0, 0.05) is 13.6 Å². The first-order chi connectivity index (χ1) is 14.1. The zero-order valence-electron chi connectivity index (χ0n) is 16.7. The Labute approximate surface area is 175 Å². The fourth-order valence-corrected chi connectivity index (χ4v) is 3.15. The summed E-state index contributed by atoms with van der Waals surface area (Å²) in [5, 5.41) is 14.0. The van der Waals surface area contributed by atoms with Gasteiger partial charge in [0.15, 0.2) is 0 Å². The lowest BCUT2D eigenvalue weighted by Gasteiger charge is -2.18. The Bertz CT molecular complexity index is 873. The average molecular weight is 445 g/mol. The third-order valence-electron chi connectivity index (χ3n) is 3.90. The molecule has 0 aliphatic heterocycles. The number of benzene rings is 1. The van der Waals surface area contributed by atoms with Gasteiger partial charge >= 0.3 is 6.18 Å². The van der Waals surface area contributed by atoms with Crippen LogP contribution in [0.1, 0.15) is 5.56 Å². The van der Waals surface area contributed by atoms with Gasteiger partial charge in [0.1, 0.15) is 0 Å². The first-order valence-corrected chi connectivity index (χ1v) is 9.80. The molecule has 0 fully saturated rings. The lowest BCUT2D eigenvalue weighted by molar-refractivity contribution is -0.137. The number of carbonyl (C=O) groups is 2. The molecule has 1 heterocycles. The quantitative estimate of drug-likeness (QED) is 0.584. The second-order valence-corrected chi connectivity index (χ2v) is 7.56. The molecule has 30 heavy (non-hydrogen) atoms. The molecule has 0 aliphatic carbocycles. The smallest absolute Gasteiger partial charge is 0.336 e. The van der Waals surface area contributed by atoms with E-state index in [0.717, 1.165) is 28.8 Å². The number of tetrazole rings is 1. The van der Waals surface area contributed by atoms with Crippen LogP contribution in [-0.4, -0.2) is 81.8 Å². The van der Waals surface area contributed by atoms with Crippen molar-refractivity contribution in [1.29, 1.82) is 0 Å². The number of rotatable bonds is 9. The summed E-state index contributed by atoms with van der Waals surface area (Å²) in [5.41, 5.74) is -1.31. The molecule has 2 amide bonds. The molecule has 13 heteroatoms. The predicted octanol–water partition coefficient (Wildman–Crippen LogP) is 1.44. The minimum Gasteiger partial charge on any atom is -0.336 e. The minimum atomic E-state index is -4.60. The van der Waals surface area contributed by atoms with Gasteiger partial charge in [0.25, 0.3) is 0 Å². The standard InChI is InChI=1S/C17H22F3N7O2S/c1-25(2)8-9-27-16(22-23-24-27)30-11-15(29)26(3)10-14(28)21-13-7-5-4-6-12(13)17(18,19)20/h4-7H,8-11H2,1-3H3,(H,21,28). The third-order valence-corrected chi connectivity index (χ3v) is 4.84. The Morgan fingerprint density at radius 3 is 2.57 bits per heavy atom. The van der Waals surface area contributed by atoms with E-state index >= 15 is 0 Å². The summed E-state index contributed by atoms with van der Waals surface area (Å²) in [6.45, 7) is 0.872. The van der Waals surface area contributed by atoms with Crippen molar-refractivity contribution in [2.75, 3.05) is 45.3 Å². The Balaban J connectivity index is 1.88. The van der Waals surface area contributed by atoms with Gasteiger partial charge in [-0.1, -0.05) is 23.9 Å². The Morgan fingerprint density at radius 1 is 1.20 bits per heavy atom. The van der Waals surface area contributed by atoms with Gasteiger partial charge in [-0.25, -0.2) is 4.68 Å². The molecule has 1 aromatic carbocycles. The maximum Gasteiger partial charge on any atom is 0.418 e. The zero-order chi connectivity index (χ0) is 22.3. The molecule has 0 unspecified atom stereocenters. The summed E-state index contributed by atoms with van der Waals surface area (Å²) in [7, 11) is 5.22. The summed E-state index contributed by atoms with van der Waals surface area (Å²) in [4.78, 5) is 27.5. The van der Waals surface area contributed by atoms with Gasteiger partial charge in [-0.2, -0.15) is 13.2 Å². The minimum absolute atomic E-state index is 0.0226. The van der Waals surface area contributed by atoms with Crippen molar-refractivity contribution in [1.82, 2.24) is 30.0 Å². The molecule has 0 saturated heterocycles. The molecule has 164 valence electrons. The van der Waals surface area contributed by atoms with Crippen LogP contribution in [0.25, 0.3) is 0 Å². The normalized spacial score (nSPS) is 11.6. The van der Waals surface area contributed by atoms with Crippen molar-refractivity contribution < 1.29 is 22.8 Å². The highest BCUT2D eigenvalue weighted by molar-refractivity contribution is 7.99. The predicted molar refractivity (Wildman–Crippen MR) is 105 cm³/mol. The van der Waals surface area contributed by atoms with Crippen LogP contribution in [0.15, 0.2) is 29.4 Å². The van der Waals surface area contributed by atoms with Crippen LogP contribution < -0.4 is 5.32 Å². The molecule has 0 spiro atoms. The number of amides is 2. The molecule has 9 nitrogen and oxygen atoms in total. The van der Waals surface area contributed by atoms with E-state index in [1.54, 1.807) is 4.68 Å². The Hall–Kier alpha value is -2.67. The number of nitrogens with zero attached hydrogens (tertiary/aromatic N) is 6. The average Bonchev–Trinajstić information content (AvgIpc) is 3.11. The lowest BCUT2D eigenvalue weighted by atomic mass is 10.1. The zero-order valence-corrected chi connectivity index (χ0v) is 17.5. The van der Waals surface area contributed by atoms with Gasteiger partial charge in [-0.15, -0.1) is 5.10 Å². The molecule has 0 atom stereocenters. The topological polar surface area (TPSA) is 96.2 Å². The van der Waals surface area contributed by atoms with Gasteiger partial charge in [-0.3, -0.25) is 9.59 Å². The second kappa shape index (κ2) is 10.4. The van der Waals surface area contributed by atoms with Crippen molar-refractivity contribution in [3.63, 3.8) is 0 Å². The van der Waals surface area contributed by atoms with E-state index in [2.05, 4.69) is 20.8 Å². The van der Waals surface area contributed by atoms with Crippen LogP contribution in [0.2, 0.25) is 0 Å². The van der Waals surface area contributed by atoms with Crippen LogP contribution in [0.5, 0.6) is 0 Å². The maximum absolute atomic E-state index is 13.0. The summed E-state index contributed by atoms with van der Waals surface area (Å²) in [6, 6.07) is 4.65. The number of alkyl halides is 3. The number of nitrogens with one attached hydrogen (secondary N) is 1. The van der Waals surface area contributed by atoms with E-state index in [9.17, 15) is 22.8 Å². The molecule has 0 saturated carbocycles. The van der Waals surface area contributed by atoms with E-state index in [1.807, 2.05) is 19.0 Å². The van der Waals surface area contributed by atoms with Gasteiger partial charge < -0.3 is 15.1 Å². The number of para-hydroxylation sites is 1. The summed E-state index contributed by atoms with van der Waals surface area (Å²) >= 11 is 1.12. The first-order valence-electron chi connectivity index (χ1n) is 8.81. The van der Waals surface area contributed by atoms with E-state index in [0.29, 0.717) is 18.2 Å². The molecule has 1 N–H and O–H groups in total. The fourth-order valence-electron chi connectivity index (χ4n) is 2.30. The van der Waals surface area contributed by atoms with Gasteiger partial charge in [0.2, 0.25) is 17.0 Å². The number of carbonyl (C=O) groups excluding carboxylic acids is 2. The molecule has 1 aromatic heterocycles. The highest BCUT2D eigenvalue weighted by Crippen LogP contribution is 2.34. The largest absolute Gasteiger partial charge is 0.418 e. The molecular weight excluding hydrogens is 423 g/mol. The van der Waals surface area contributed by atoms with Crippen LogP contribution in [0.4, 0.5) is 18.9 Å². The highest BCUT2D eigenvalue weighted by atomic mass is 32.2. The molecule has 2 rings (SSSR count). The Morgan fingerprint density at radius 2 is 1.90 bits per heavy atom. The number of thioether (sulfide) groups is 1. The highest BCUT2D eigenvalue weighted by Gasteiger charge is 2.33. The molecule has 0 radical (unpaired) electrons. The van der Waals surface area contributed by atoms with E-state index in [4.69, 9.17) is 0 Å². The molecular formula is C17H22F3N7O2S. The van der Waals surface area contributed by atoms with E-state index < -0.39 is 24.2 Å². The van der Waals surface area contributed by atoms with E-state index in [1.165, 1.54) is 19.2 Å². The summed E-state index contributed by atoms with van der Waals surface area (Å²) in [6.07, 6.45) is -4.60. The van der Waals surface area contributed by atoms with Crippen LogP contribution in [0, 0.1) is 0 Å². The SMILES string of the molecule is CN(C)CCn1nnnc1SCC(=O)N(C)CC(=O)Nc1ccccc1C(F)(F)F. The number of hydrogen-bond acceptors (Lipinski definition) is 7. The van der Waals surface area contributed by atoms with E-state index in [-0.39, 0.29) is 17.3 Å². The first kappa shape index (κ1) is 23.6. The van der Waals surface area contributed by atoms with Crippen molar-refractivity contribution in [3.8, 4) is 0 Å². The molecule has 0 bridgehead atoms. The van der Waals surface area contributed by atoms with Gasteiger partial charge in [0.05, 0.1) is 30.1 Å². The second-order valence-electron chi connectivity index (χ2n) is 6.62. The van der Waals surface area contributed by atoms with Crippen molar-refractivity contribution in [3.05, 3.63) is 29.8 Å².